The summed E-state index contributed by atoms with van der Waals surface area (Å²) in [4.78, 5) is 11.8. The third kappa shape index (κ3) is 3.20. The Kier molecular flexibility index (Phi) is 3.64. The minimum absolute atomic E-state index is 0.197. The zero-order valence-electron chi connectivity index (χ0n) is 9.85. The van der Waals surface area contributed by atoms with Crippen molar-refractivity contribution < 1.29 is 14.6 Å². The Balaban J connectivity index is 2.12. The third-order valence-electron chi connectivity index (χ3n) is 2.73. The molecule has 1 fully saturated rings. The maximum absolute atomic E-state index is 11.8. The molecule has 0 bridgehead atoms. The van der Waals surface area contributed by atoms with Crippen molar-refractivity contribution in [3.05, 3.63) is 29.8 Å². The summed E-state index contributed by atoms with van der Waals surface area (Å²) in [6, 6.07) is 6.63. The lowest BCUT2D eigenvalue weighted by Crippen LogP contribution is -2.31. The van der Waals surface area contributed by atoms with E-state index in [2.05, 4.69) is 5.32 Å². The minimum Gasteiger partial charge on any atom is -0.508 e. The molecule has 17 heavy (non-hydrogen) atoms. The van der Waals surface area contributed by atoms with Crippen LogP contribution >= 0.6 is 0 Å². The molecule has 1 aliphatic carbocycles. The number of carbonyl (C=O) groups excluding carboxylic acids is 1. The zero-order valence-corrected chi connectivity index (χ0v) is 9.85. The Morgan fingerprint density at radius 1 is 1.47 bits per heavy atom. The maximum atomic E-state index is 11.8. The number of aromatic hydroxyl groups is 1. The van der Waals surface area contributed by atoms with E-state index in [1.807, 2.05) is 0 Å². The van der Waals surface area contributed by atoms with Crippen LogP contribution in [-0.4, -0.2) is 23.7 Å². The largest absolute Gasteiger partial charge is 0.508 e. The van der Waals surface area contributed by atoms with Gasteiger partial charge < -0.3 is 9.84 Å². The number of rotatable bonds is 5. The number of benzene rings is 1. The molecular weight excluding hydrogens is 218 g/mol. The molecule has 1 atom stereocenters. The van der Waals surface area contributed by atoms with Gasteiger partial charge in [-0.3, -0.25) is 5.32 Å². The van der Waals surface area contributed by atoms with E-state index in [1.54, 1.807) is 31.2 Å². The molecule has 0 radical (unpaired) electrons. The third-order valence-corrected chi connectivity index (χ3v) is 2.73. The first-order chi connectivity index (χ1) is 8.20. The van der Waals surface area contributed by atoms with Gasteiger partial charge in [-0.05, 0) is 37.5 Å². The summed E-state index contributed by atoms with van der Waals surface area (Å²) in [6.07, 6.45) is 2.21. The van der Waals surface area contributed by atoms with Gasteiger partial charge in [0.25, 0.3) is 0 Å². The summed E-state index contributed by atoms with van der Waals surface area (Å²) in [6.45, 7) is 2.17. The summed E-state index contributed by atoms with van der Waals surface area (Å²) in [5, 5.41) is 12.5. The van der Waals surface area contributed by atoms with E-state index < -0.39 is 6.04 Å². The van der Waals surface area contributed by atoms with Crippen LogP contribution in [0.4, 0.5) is 0 Å². The van der Waals surface area contributed by atoms with Crippen LogP contribution in [0, 0.1) is 0 Å². The summed E-state index contributed by atoms with van der Waals surface area (Å²) < 4.78 is 5.05. The first-order valence-electron chi connectivity index (χ1n) is 5.92. The molecule has 0 aromatic heterocycles. The fourth-order valence-corrected chi connectivity index (χ4v) is 1.68. The quantitative estimate of drug-likeness (QED) is 0.763. The molecule has 0 heterocycles. The molecule has 1 aliphatic rings. The smallest absolute Gasteiger partial charge is 0.327 e. The second kappa shape index (κ2) is 5.19. The highest BCUT2D eigenvalue weighted by molar-refractivity contribution is 5.77. The normalized spacial score (nSPS) is 16.5. The van der Waals surface area contributed by atoms with Crippen LogP contribution in [0.1, 0.15) is 31.4 Å². The van der Waals surface area contributed by atoms with Crippen LogP contribution < -0.4 is 5.32 Å². The Morgan fingerprint density at radius 3 is 2.65 bits per heavy atom. The average Bonchev–Trinajstić information content (AvgIpc) is 3.11. The molecule has 4 heteroatoms. The van der Waals surface area contributed by atoms with Crippen molar-refractivity contribution in [2.45, 2.75) is 31.8 Å². The summed E-state index contributed by atoms with van der Waals surface area (Å²) in [5.41, 5.74) is 0.827. The summed E-state index contributed by atoms with van der Waals surface area (Å²) in [5.74, 6) is -0.0622. The predicted molar refractivity (Wildman–Crippen MR) is 63.6 cm³/mol. The maximum Gasteiger partial charge on any atom is 0.327 e. The van der Waals surface area contributed by atoms with Crippen molar-refractivity contribution in [2.24, 2.45) is 0 Å². The molecule has 1 unspecified atom stereocenters. The lowest BCUT2D eigenvalue weighted by Gasteiger charge is -2.17. The average molecular weight is 235 g/mol. The van der Waals surface area contributed by atoms with E-state index >= 15 is 0 Å². The lowest BCUT2D eigenvalue weighted by atomic mass is 10.1. The van der Waals surface area contributed by atoms with Gasteiger partial charge in [0.1, 0.15) is 11.8 Å². The van der Waals surface area contributed by atoms with Gasteiger partial charge in [-0.15, -0.1) is 0 Å². The van der Waals surface area contributed by atoms with Gasteiger partial charge in [0.15, 0.2) is 0 Å². The van der Waals surface area contributed by atoms with Crippen molar-refractivity contribution in [1.29, 1.82) is 0 Å². The van der Waals surface area contributed by atoms with Crippen LogP contribution in [0.15, 0.2) is 24.3 Å². The van der Waals surface area contributed by atoms with Crippen molar-refractivity contribution >= 4 is 5.97 Å². The highest BCUT2D eigenvalue weighted by Gasteiger charge is 2.30. The number of ether oxygens (including phenoxy) is 1. The van der Waals surface area contributed by atoms with Gasteiger partial charge in [-0.1, -0.05) is 12.1 Å². The van der Waals surface area contributed by atoms with Gasteiger partial charge in [0, 0.05) is 6.04 Å². The number of phenolic OH excluding ortho intramolecular Hbond substituents is 1. The summed E-state index contributed by atoms with van der Waals surface area (Å²) >= 11 is 0. The van der Waals surface area contributed by atoms with Gasteiger partial charge >= 0.3 is 5.97 Å². The fraction of sp³-hybridized carbons (Fsp3) is 0.462. The van der Waals surface area contributed by atoms with Crippen LogP contribution in [0.5, 0.6) is 5.75 Å². The highest BCUT2D eigenvalue weighted by Crippen LogP contribution is 2.25. The predicted octanol–water partition coefficient (Wildman–Crippen LogP) is 1.75. The number of hydrogen-bond donors (Lipinski definition) is 2. The molecule has 0 amide bonds. The number of nitrogens with one attached hydrogen (secondary N) is 1. The Morgan fingerprint density at radius 2 is 2.12 bits per heavy atom. The fourth-order valence-electron chi connectivity index (χ4n) is 1.68. The number of carbonyl (C=O) groups is 1. The van der Waals surface area contributed by atoms with E-state index in [9.17, 15) is 9.90 Å². The second-order valence-electron chi connectivity index (χ2n) is 4.22. The lowest BCUT2D eigenvalue weighted by molar-refractivity contribution is -0.145. The van der Waals surface area contributed by atoms with Crippen LogP contribution in [-0.2, 0) is 9.53 Å². The van der Waals surface area contributed by atoms with Gasteiger partial charge in [-0.2, -0.15) is 0 Å². The van der Waals surface area contributed by atoms with Crippen molar-refractivity contribution in [3.8, 4) is 5.75 Å². The SMILES string of the molecule is CCOC(=O)C(NC1CC1)c1ccc(O)cc1. The van der Waals surface area contributed by atoms with E-state index in [0.29, 0.717) is 12.6 Å². The molecule has 1 aromatic carbocycles. The molecule has 0 aliphatic heterocycles. The minimum atomic E-state index is -0.428. The van der Waals surface area contributed by atoms with Crippen molar-refractivity contribution in [1.82, 2.24) is 5.32 Å². The molecule has 2 rings (SSSR count). The van der Waals surface area contributed by atoms with Crippen LogP contribution in [0.2, 0.25) is 0 Å². The summed E-state index contributed by atoms with van der Waals surface area (Å²) in [7, 11) is 0. The number of esters is 1. The monoisotopic (exact) mass is 235 g/mol. The second-order valence-corrected chi connectivity index (χ2v) is 4.22. The highest BCUT2D eigenvalue weighted by atomic mass is 16.5. The zero-order chi connectivity index (χ0) is 12.3. The van der Waals surface area contributed by atoms with E-state index in [1.165, 1.54) is 0 Å². The Bertz CT molecular complexity index is 384. The molecule has 0 spiro atoms. The molecule has 4 nitrogen and oxygen atoms in total. The van der Waals surface area contributed by atoms with E-state index in [-0.39, 0.29) is 11.7 Å². The molecule has 2 N–H and O–H groups in total. The van der Waals surface area contributed by atoms with Crippen molar-refractivity contribution in [2.75, 3.05) is 6.61 Å². The topological polar surface area (TPSA) is 58.6 Å². The van der Waals surface area contributed by atoms with E-state index in [4.69, 9.17) is 4.74 Å². The van der Waals surface area contributed by atoms with Crippen LogP contribution in [0.25, 0.3) is 0 Å². The molecule has 1 saturated carbocycles. The van der Waals surface area contributed by atoms with Gasteiger partial charge in [-0.25, -0.2) is 4.79 Å². The molecule has 92 valence electrons. The number of phenols is 1. The standard InChI is InChI=1S/C13H17NO3/c1-2-17-13(16)12(14-10-5-6-10)9-3-7-11(15)8-4-9/h3-4,7-8,10,12,14-15H,2,5-6H2,1H3. The van der Waals surface area contributed by atoms with Crippen LogP contribution in [0.3, 0.4) is 0 Å². The molecular formula is C13H17NO3. The Labute approximate surface area is 101 Å². The Hall–Kier alpha value is -1.55. The van der Waals surface area contributed by atoms with Gasteiger partial charge in [0.2, 0.25) is 0 Å². The van der Waals surface area contributed by atoms with E-state index in [0.717, 1.165) is 18.4 Å². The number of hydrogen-bond acceptors (Lipinski definition) is 4. The first kappa shape index (κ1) is 11.9. The molecule has 0 saturated heterocycles. The molecule has 1 aromatic rings. The first-order valence-corrected chi connectivity index (χ1v) is 5.92. The van der Waals surface area contributed by atoms with Crippen molar-refractivity contribution in [3.63, 3.8) is 0 Å². The van der Waals surface area contributed by atoms with Gasteiger partial charge in [0.05, 0.1) is 6.61 Å².